The first-order valence-electron chi connectivity index (χ1n) is 7.20. The average molecular weight is 304 g/mol. The van der Waals surface area contributed by atoms with E-state index in [-0.39, 0.29) is 0 Å². The van der Waals surface area contributed by atoms with Gasteiger partial charge in [-0.1, -0.05) is 0 Å². The van der Waals surface area contributed by atoms with Crippen molar-refractivity contribution in [2.75, 3.05) is 19.6 Å². The van der Waals surface area contributed by atoms with Gasteiger partial charge < -0.3 is 4.74 Å². The molecule has 2 rings (SSSR count). The van der Waals surface area contributed by atoms with E-state index in [1.165, 1.54) is 9.21 Å². The fourth-order valence-corrected chi connectivity index (χ4v) is 4.78. The summed E-state index contributed by atoms with van der Waals surface area (Å²) in [4.78, 5) is 13.5. The van der Waals surface area contributed by atoms with Crippen LogP contribution in [0, 0.1) is 0 Å². The van der Waals surface area contributed by atoms with Crippen LogP contribution in [0.1, 0.15) is 46.5 Å². The van der Waals surface area contributed by atoms with Crippen molar-refractivity contribution in [1.29, 1.82) is 0 Å². The van der Waals surface area contributed by atoms with E-state index in [0.29, 0.717) is 32.5 Å². The molecule has 1 amide bonds. The highest BCUT2D eigenvalue weighted by Gasteiger charge is 2.43. The highest BCUT2D eigenvalue weighted by atomic mass is 32.2. The van der Waals surface area contributed by atoms with Crippen LogP contribution in [0.25, 0.3) is 0 Å². The number of rotatable bonds is 2. The normalized spacial score (nSPS) is 25.1. The second kappa shape index (κ2) is 5.52. The van der Waals surface area contributed by atoms with Gasteiger partial charge in [-0.25, -0.2) is 17.5 Å². The fourth-order valence-electron chi connectivity index (χ4n) is 2.69. The van der Waals surface area contributed by atoms with Gasteiger partial charge in [0.15, 0.2) is 5.37 Å². The highest BCUT2D eigenvalue weighted by molar-refractivity contribution is 7.89. The Bertz CT molecular complexity index is 463. The number of amides is 1. The van der Waals surface area contributed by atoms with Crippen LogP contribution in [-0.2, 0) is 14.8 Å². The van der Waals surface area contributed by atoms with Gasteiger partial charge in [-0.2, -0.15) is 0 Å². The first-order chi connectivity index (χ1) is 9.22. The van der Waals surface area contributed by atoms with Gasteiger partial charge >= 0.3 is 6.09 Å². The van der Waals surface area contributed by atoms with Gasteiger partial charge in [0.25, 0.3) is 0 Å². The van der Waals surface area contributed by atoms with Gasteiger partial charge in [0.2, 0.25) is 10.0 Å². The summed E-state index contributed by atoms with van der Waals surface area (Å²) < 4.78 is 32.0. The Balaban J connectivity index is 2.12. The molecule has 0 unspecified atom stereocenters. The van der Waals surface area contributed by atoms with E-state index in [1.807, 2.05) is 0 Å². The van der Waals surface area contributed by atoms with Crippen molar-refractivity contribution in [1.82, 2.24) is 9.21 Å². The van der Waals surface area contributed by atoms with E-state index in [9.17, 15) is 13.2 Å². The minimum absolute atomic E-state index is 0.451. The third kappa shape index (κ3) is 3.25. The standard InChI is InChI=1S/C13H24N2O4S/c1-13(2,3)19-12(16)15-10-6-7-11(15)20(17,18)14-8-4-5-9-14/h11H,4-10H2,1-3H3/t11-/m0/s1. The van der Waals surface area contributed by atoms with Crippen LogP contribution in [0.4, 0.5) is 4.79 Å². The summed E-state index contributed by atoms with van der Waals surface area (Å²) in [5.41, 5.74) is -0.609. The lowest BCUT2D eigenvalue weighted by Crippen LogP contribution is -2.48. The molecule has 20 heavy (non-hydrogen) atoms. The Labute approximate surface area is 121 Å². The average Bonchev–Trinajstić information content (AvgIpc) is 2.99. The van der Waals surface area contributed by atoms with Crippen molar-refractivity contribution in [3.05, 3.63) is 0 Å². The molecule has 0 aliphatic carbocycles. The van der Waals surface area contributed by atoms with Crippen LogP contribution in [0.3, 0.4) is 0 Å². The van der Waals surface area contributed by atoms with Gasteiger partial charge in [-0.05, 0) is 46.5 Å². The summed E-state index contributed by atoms with van der Waals surface area (Å²) in [7, 11) is -3.43. The Morgan fingerprint density at radius 1 is 1.10 bits per heavy atom. The third-order valence-electron chi connectivity index (χ3n) is 3.59. The van der Waals surface area contributed by atoms with Crippen LogP contribution < -0.4 is 0 Å². The zero-order chi connectivity index (χ0) is 15.0. The molecule has 1 atom stereocenters. The van der Waals surface area contributed by atoms with Crippen LogP contribution in [-0.4, -0.2) is 54.3 Å². The lowest BCUT2D eigenvalue weighted by Gasteiger charge is -2.30. The second-order valence-electron chi connectivity index (χ2n) is 6.42. The topological polar surface area (TPSA) is 66.9 Å². The molecule has 2 heterocycles. The summed E-state index contributed by atoms with van der Waals surface area (Å²) in [6.07, 6.45) is 2.48. The van der Waals surface area contributed by atoms with Crippen molar-refractivity contribution in [2.45, 2.75) is 57.4 Å². The minimum Gasteiger partial charge on any atom is -0.444 e. The van der Waals surface area contributed by atoms with E-state index in [4.69, 9.17) is 4.74 Å². The fraction of sp³-hybridized carbons (Fsp3) is 0.923. The molecule has 116 valence electrons. The molecule has 0 saturated carbocycles. The zero-order valence-corrected chi connectivity index (χ0v) is 13.3. The largest absolute Gasteiger partial charge is 0.444 e. The molecule has 6 nitrogen and oxygen atoms in total. The first-order valence-corrected chi connectivity index (χ1v) is 8.71. The molecule has 0 aromatic carbocycles. The Kier molecular flexibility index (Phi) is 4.30. The number of hydrogen-bond donors (Lipinski definition) is 0. The maximum absolute atomic E-state index is 12.6. The van der Waals surface area contributed by atoms with Crippen molar-refractivity contribution < 1.29 is 17.9 Å². The molecule has 0 spiro atoms. The van der Waals surface area contributed by atoms with Crippen LogP contribution in [0.15, 0.2) is 0 Å². The molecular weight excluding hydrogens is 280 g/mol. The number of carbonyl (C=O) groups is 1. The van der Waals surface area contributed by atoms with Crippen molar-refractivity contribution in [3.8, 4) is 0 Å². The monoisotopic (exact) mass is 304 g/mol. The molecule has 2 aliphatic rings. The quantitative estimate of drug-likeness (QED) is 0.780. The minimum atomic E-state index is -3.43. The lowest BCUT2D eigenvalue weighted by molar-refractivity contribution is 0.0269. The summed E-state index contributed by atoms with van der Waals surface area (Å²) in [5.74, 6) is 0. The number of hydrogen-bond acceptors (Lipinski definition) is 4. The molecular formula is C13H24N2O4S. The smallest absolute Gasteiger partial charge is 0.411 e. The molecule has 0 aromatic heterocycles. The van der Waals surface area contributed by atoms with E-state index >= 15 is 0 Å². The number of nitrogens with zero attached hydrogens (tertiary/aromatic N) is 2. The van der Waals surface area contributed by atoms with Crippen LogP contribution >= 0.6 is 0 Å². The van der Waals surface area contributed by atoms with E-state index in [2.05, 4.69) is 0 Å². The van der Waals surface area contributed by atoms with Gasteiger partial charge in [0.1, 0.15) is 5.60 Å². The lowest BCUT2D eigenvalue weighted by atomic mass is 10.2. The van der Waals surface area contributed by atoms with Crippen LogP contribution in [0.2, 0.25) is 0 Å². The predicted octanol–water partition coefficient (Wildman–Crippen LogP) is 1.77. The third-order valence-corrected chi connectivity index (χ3v) is 5.86. The number of sulfonamides is 1. The maximum Gasteiger partial charge on any atom is 0.411 e. The number of likely N-dealkylation sites (tertiary alicyclic amines) is 1. The Hall–Kier alpha value is -0.820. The van der Waals surface area contributed by atoms with Crippen molar-refractivity contribution in [3.63, 3.8) is 0 Å². The summed E-state index contributed by atoms with van der Waals surface area (Å²) in [6, 6.07) is 0. The SMILES string of the molecule is CC(C)(C)OC(=O)N1CCC[C@@H]1S(=O)(=O)N1CCCC1. The van der Waals surface area contributed by atoms with Gasteiger partial charge in [0, 0.05) is 19.6 Å². The molecule has 0 bridgehead atoms. The van der Waals surface area contributed by atoms with Crippen molar-refractivity contribution in [2.24, 2.45) is 0 Å². The first kappa shape index (κ1) is 15.6. The molecule has 0 aromatic rings. The Morgan fingerprint density at radius 3 is 2.25 bits per heavy atom. The van der Waals surface area contributed by atoms with E-state index in [1.54, 1.807) is 20.8 Å². The zero-order valence-electron chi connectivity index (χ0n) is 12.5. The summed E-state index contributed by atoms with van der Waals surface area (Å²) >= 11 is 0. The number of carbonyl (C=O) groups excluding carboxylic acids is 1. The number of ether oxygens (including phenoxy) is 1. The maximum atomic E-state index is 12.6. The van der Waals surface area contributed by atoms with Gasteiger partial charge in [0.05, 0.1) is 0 Å². The van der Waals surface area contributed by atoms with Crippen LogP contribution in [0.5, 0.6) is 0 Å². The molecule has 0 radical (unpaired) electrons. The summed E-state index contributed by atoms with van der Waals surface area (Å²) in [5, 5.41) is -0.754. The predicted molar refractivity (Wildman–Crippen MR) is 75.7 cm³/mol. The van der Waals surface area contributed by atoms with Gasteiger partial charge in [-0.15, -0.1) is 0 Å². The molecule has 0 N–H and O–H groups in total. The summed E-state index contributed by atoms with van der Waals surface area (Å²) in [6.45, 7) is 6.94. The van der Waals surface area contributed by atoms with Crippen molar-refractivity contribution >= 4 is 16.1 Å². The van der Waals surface area contributed by atoms with E-state index < -0.39 is 27.1 Å². The second-order valence-corrected chi connectivity index (χ2v) is 8.51. The highest BCUT2D eigenvalue weighted by Crippen LogP contribution is 2.28. The van der Waals surface area contributed by atoms with E-state index in [0.717, 1.165) is 12.8 Å². The molecule has 7 heteroatoms. The van der Waals surface area contributed by atoms with Gasteiger partial charge in [-0.3, -0.25) is 4.90 Å². The molecule has 2 fully saturated rings. The Morgan fingerprint density at radius 2 is 1.70 bits per heavy atom. The molecule has 2 saturated heterocycles. The molecule has 2 aliphatic heterocycles.